The Morgan fingerprint density at radius 3 is 2.17 bits per heavy atom. The molecule has 1 N–H and O–H groups in total. The van der Waals surface area contributed by atoms with Crippen LogP contribution in [0.3, 0.4) is 0 Å². The van der Waals surface area contributed by atoms with Crippen molar-refractivity contribution in [2.24, 2.45) is 0 Å². The zero-order valence-electron chi connectivity index (χ0n) is 12.3. The maximum atomic E-state index is 4.03. The van der Waals surface area contributed by atoms with E-state index in [0.29, 0.717) is 12.0 Å². The third-order valence-corrected chi connectivity index (χ3v) is 3.20. The molecule has 1 aromatic carbocycles. The van der Waals surface area contributed by atoms with Crippen molar-refractivity contribution in [1.29, 1.82) is 0 Å². The monoisotopic (exact) mass is 245 g/mol. The molecule has 1 nitrogen and oxygen atoms in total. The van der Waals surface area contributed by atoms with Crippen molar-refractivity contribution in [3.63, 3.8) is 0 Å². The highest BCUT2D eigenvalue weighted by Crippen LogP contribution is 2.23. The Morgan fingerprint density at radius 2 is 1.72 bits per heavy atom. The lowest BCUT2D eigenvalue weighted by molar-refractivity contribution is 0.528. The number of nitrogens with one attached hydrogen (secondary N) is 1. The molecule has 0 radical (unpaired) electrons. The fourth-order valence-electron chi connectivity index (χ4n) is 2.09. The average molecular weight is 245 g/mol. The van der Waals surface area contributed by atoms with Gasteiger partial charge in [-0.15, -0.1) is 6.58 Å². The van der Waals surface area contributed by atoms with E-state index < -0.39 is 0 Å². The van der Waals surface area contributed by atoms with E-state index in [0.717, 1.165) is 19.4 Å². The van der Waals surface area contributed by atoms with Crippen LogP contribution in [0.2, 0.25) is 0 Å². The van der Waals surface area contributed by atoms with Crippen LogP contribution in [0, 0.1) is 0 Å². The minimum atomic E-state index is 0.406. The van der Waals surface area contributed by atoms with Crippen molar-refractivity contribution in [1.82, 2.24) is 5.32 Å². The van der Waals surface area contributed by atoms with E-state index >= 15 is 0 Å². The molecule has 0 aliphatic heterocycles. The van der Waals surface area contributed by atoms with Crippen molar-refractivity contribution in [2.75, 3.05) is 6.54 Å². The van der Waals surface area contributed by atoms with Gasteiger partial charge in [0.25, 0.3) is 0 Å². The van der Waals surface area contributed by atoms with Gasteiger partial charge in [-0.25, -0.2) is 0 Å². The first-order valence-electron chi connectivity index (χ1n) is 7.02. The molecule has 1 rings (SSSR count). The molecular formula is C17H27N. The van der Waals surface area contributed by atoms with Gasteiger partial charge in [-0.1, -0.05) is 50.6 Å². The van der Waals surface area contributed by atoms with Crippen LogP contribution < -0.4 is 5.32 Å². The molecule has 1 atom stereocenters. The second-order valence-corrected chi connectivity index (χ2v) is 5.49. The number of hydrogen-bond donors (Lipinski definition) is 1. The third kappa shape index (κ3) is 4.66. The lowest BCUT2D eigenvalue weighted by atomic mass is 9.96. The Kier molecular flexibility index (Phi) is 6.14. The molecule has 0 amide bonds. The summed E-state index contributed by atoms with van der Waals surface area (Å²) in [6, 6.07) is 9.42. The highest BCUT2D eigenvalue weighted by atomic mass is 14.9. The van der Waals surface area contributed by atoms with E-state index in [2.05, 4.69) is 63.9 Å². The summed E-state index contributed by atoms with van der Waals surface area (Å²) in [5, 5.41) is 3.60. The second-order valence-electron chi connectivity index (χ2n) is 5.49. The first kappa shape index (κ1) is 15.0. The van der Waals surface area contributed by atoms with E-state index in [-0.39, 0.29) is 0 Å². The van der Waals surface area contributed by atoms with Gasteiger partial charge in [-0.05, 0) is 43.4 Å². The van der Waals surface area contributed by atoms with Gasteiger partial charge in [-0.3, -0.25) is 0 Å². The van der Waals surface area contributed by atoms with Crippen LogP contribution in [0.5, 0.6) is 0 Å². The Balaban J connectivity index is 2.80. The first-order chi connectivity index (χ1) is 8.54. The fourth-order valence-corrected chi connectivity index (χ4v) is 2.09. The summed E-state index contributed by atoms with van der Waals surface area (Å²) in [6.45, 7) is 13.9. The summed E-state index contributed by atoms with van der Waals surface area (Å²) < 4.78 is 0. The van der Waals surface area contributed by atoms with Crippen LogP contribution in [-0.4, -0.2) is 6.54 Å². The highest BCUT2D eigenvalue weighted by molar-refractivity contribution is 5.27. The Morgan fingerprint density at radius 1 is 1.17 bits per heavy atom. The Labute approximate surface area is 112 Å². The van der Waals surface area contributed by atoms with E-state index in [1.165, 1.54) is 16.7 Å². The van der Waals surface area contributed by atoms with Gasteiger partial charge in [0.05, 0.1) is 0 Å². The standard InChI is InChI=1S/C17H27N/c1-6-11-18-17(12-13(2)3)16-9-7-15(8-10-16)14(4)5/h7-10,14,17-18H,2,6,11-12H2,1,3-5H3. The molecule has 0 saturated carbocycles. The second kappa shape index (κ2) is 7.38. The van der Waals surface area contributed by atoms with Gasteiger partial charge in [0, 0.05) is 6.04 Å². The normalized spacial score (nSPS) is 12.7. The van der Waals surface area contributed by atoms with Gasteiger partial charge < -0.3 is 5.32 Å². The van der Waals surface area contributed by atoms with Crippen molar-refractivity contribution in [3.8, 4) is 0 Å². The Bertz CT molecular complexity index is 362. The minimum absolute atomic E-state index is 0.406. The summed E-state index contributed by atoms with van der Waals surface area (Å²) in [5.41, 5.74) is 4.01. The Hall–Kier alpha value is -1.08. The molecule has 0 fully saturated rings. The fraction of sp³-hybridized carbons (Fsp3) is 0.529. The quantitative estimate of drug-likeness (QED) is 0.679. The molecule has 0 heterocycles. The van der Waals surface area contributed by atoms with Gasteiger partial charge >= 0.3 is 0 Å². The van der Waals surface area contributed by atoms with Crippen molar-refractivity contribution in [2.45, 2.75) is 52.5 Å². The maximum Gasteiger partial charge on any atom is 0.0357 e. The van der Waals surface area contributed by atoms with Gasteiger partial charge in [0.2, 0.25) is 0 Å². The van der Waals surface area contributed by atoms with Crippen molar-refractivity contribution < 1.29 is 0 Å². The average Bonchev–Trinajstić information content (AvgIpc) is 2.34. The van der Waals surface area contributed by atoms with E-state index in [9.17, 15) is 0 Å². The molecule has 0 aromatic heterocycles. The molecule has 0 spiro atoms. The summed E-state index contributed by atoms with van der Waals surface area (Å²) in [7, 11) is 0. The molecule has 0 aliphatic carbocycles. The summed E-state index contributed by atoms with van der Waals surface area (Å²) in [6.07, 6.45) is 2.18. The lowest BCUT2D eigenvalue weighted by Crippen LogP contribution is -2.22. The number of rotatable bonds is 7. The summed E-state index contributed by atoms with van der Waals surface area (Å²) in [4.78, 5) is 0. The predicted octanol–water partition coefficient (Wildman–Crippen LogP) is 4.82. The molecule has 18 heavy (non-hydrogen) atoms. The number of benzene rings is 1. The lowest BCUT2D eigenvalue weighted by Gasteiger charge is -2.20. The van der Waals surface area contributed by atoms with Crippen LogP contribution >= 0.6 is 0 Å². The smallest absolute Gasteiger partial charge is 0.0357 e. The van der Waals surface area contributed by atoms with Crippen LogP contribution in [0.1, 0.15) is 63.6 Å². The van der Waals surface area contributed by atoms with E-state index in [1.54, 1.807) is 0 Å². The van der Waals surface area contributed by atoms with E-state index in [4.69, 9.17) is 0 Å². The van der Waals surface area contributed by atoms with Gasteiger partial charge in [0.15, 0.2) is 0 Å². The van der Waals surface area contributed by atoms with Gasteiger partial charge in [-0.2, -0.15) is 0 Å². The molecular weight excluding hydrogens is 218 g/mol. The molecule has 0 saturated heterocycles. The van der Waals surface area contributed by atoms with Crippen LogP contribution in [0.15, 0.2) is 36.4 Å². The molecule has 100 valence electrons. The van der Waals surface area contributed by atoms with Gasteiger partial charge in [0.1, 0.15) is 0 Å². The van der Waals surface area contributed by atoms with Crippen molar-refractivity contribution in [3.05, 3.63) is 47.5 Å². The molecule has 1 aromatic rings. The largest absolute Gasteiger partial charge is 0.310 e. The topological polar surface area (TPSA) is 12.0 Å². The zero-order chi connectivity index (χ0) is 13.5. The minimum Gasteiger partial charge on any atom is -0.310 e. The summed E-state index contributed by atoms with van der Waals surface area (Å²) >= 11 is 0. The molecule has 0 aliphatic rings. The van der Waals surface area contributed by atoms with E-state index in [1.807, 2.05) is 0 Å². The van der Waals surface area contributed by atoms with Crippen LogP contribution in [0.25, 0.3) is 0 Å². The maximum absolute atomic E-state index is 4.03. The molecule has 1 heteroatoms. The highest BCUT2D eigenvalue weighted by Gasteiger charge is 2.11. The summed E-state index contributed by atoms with van der Waals surface area (Å²) in [5.74, 6) is 0.599. The first-order valence-corrected chi connectivity index (χ1v) is 7.02. The van der Waals surface area contributed by atoms with Crippen LogP contribution in [-0.2, 0) is 0 Å². The third-order valence-electron chi connectivity index (χ3n) is 3.20. The van der Waals surface area contributed by atoms with Crippen LogP contribution in [0.4, 0.5) is 0 Å². The predicted molar refractivity (Wildman–Crippen MR) is 81.0 cm³/mol. The molecule has 0 bridgehead atoms. The number of hydrogen-bond acceptors (Lipinski definition) is 1. The molecule has 1 unspecified atom stereocenters. The zero-order valence-corrected chi connectivity index (χ0v) is 12.3. The SMILES string of the molecule is C=C(C)CC(NCCC)c1ccc(C(C)C)cc1. The van der Waals surface area contributed by atoms with Crippen molar-refractivity contribution >= 4 is 0 Å².